The van der Waals surface area contributed by atoms with E-state index in [-0.39, 0.29) is 31.0 Å². The normalized spacial score (nSPS) is 19.1. The first kappa shape index (κ1) is 19.8. The van der Waals surface area contributed by atoms with Gasteiger partial charge in [-0.2, -0.15) is 9.97 Å². The zero-order valence-corrected chi connectivity index (χ0v) is 16.5. The van der Waals surface area contributed by atoms with Crippen molar-refractivity contribution < 1.29 is 24.2 Å². The van der Waals surface area contributed by atoms with Crippen LogP contribution in [0.25, 0.3) is 0 Å². The minimum Gasteiger partial charge on any atom is -0.485 e. The SMILES string of the molecule is CN(C(=O)OC(C)(C)C)[C@@H]1CCN(c2nc(N)nc3c2OCCN3C(=O)O)C1. The highest BCUT2D eigenvalue weighted by Crippen LogP contribution is 2.39. The first-order chi connectivity index (χ1) is 13.1. The number of carbonyl (C=O) groups excluding carboxylic acids is 1. The minimum atomic E-state index is -1.13. The van der Waals surface area contributed by atoms with Gasteiger partial charge in [-0.1, -0.05) is 0 Å². The van der Waals surface area contributed by atoms with E-state index in [1.807, 2.05) is 25.7 Å². The molecule has 2 aliphatic rings. The molecule has 0 unspecified atom stereocenters. The highest BCUT2D eigenvalue weighted by atomic mass is 16.6. The summed E-state index contributed by atoms with van der Waals surface area (Å²) in [6.07, 6.45) is -0.814. The van der Waals surface area contributed by atoms with Gasteiger partial charge in [0, 0.05) is 20.1 Å². The molecule has 0 aliphatic carbocycles. The van der Waals surface area contributed by atoms with E-state index in [0.29, 0.717) is 31.1 Å². The first-order valence-corrected chi connectivity index (χ1v) is 9.08. The van der Waals surface area contributed by atoms with Crippen molar-refractivity contribution in [1.29, 1.82) is 0 Å². The molecule has 1 aromatic rings. The molecule has 0 bridgehead atoms. The quantitative estimate of drug-likeness (QED) is 0.762. The van der Waals surface area contributed by atoms with Crippen LogP contribution in [-0.2, 0) is 4.74 Å². The smallest absolute Gasteiger partial charge is 0.413 e. The Morgan fingerprint density at radius 1 is 1.29 bits per heavy atom. The van der Waals surface area contributed by atoms with Gasteiger partial charge in [0.15, 0.2) is 11.6 Å². The van der Waals surface area contributed by atoms with Gasteiger partial charge in [-0.05, 0) is 27.2 Å². The van der Waals surface area contributed by atoms with Crippen LogP contribution in [0.2, 0.25) is 0 Å². The maximum Gasteiger partial charge on any atom is 0.413 e. The molecular weight excluding hydrogens is 368 g/mol. The van der Waals surface area contributed by atoms with Crippen molar-refractivity contribution in [2.45, 2.75) is 38.8 Å². The van der Waals surface area contributed by atoms with Crippen LogP contribution in [0, 0.1) is 0 Å². The standard InChI is InChI=1S/C17H26N6O5/c1-17(2,3)28-16(26)21(4)10-5-6-22(9-10)12-11-13(20-14(18)19-12)23(15(24)25)7-8-27-11/h10H,5-9H2,1-4H3,(H,24,25)(H2,18,19,20)/t10-/m1/s1. The maximum atomic E-state index is 12.3. The van der Waals surface area contributed by atoms with Gasteiger partial charge >= 0.3 is 12.2 Å². The second-order valence-corrected chi connectivity index (χ2v) is 7.82. The Morgan fingerprint density at radius 2 is 1.96 bits per heavy atom. The van der Waals surface area contributed by atoms with Crippen LogP contribution in [0.15, 0.2) is 0 Å². The van der Waals surface area contributed by atoms with Crippen molar-refractivity contribution in [3.05, 3.63) is 0 Å². The number of likely N-dealkylation sites (N-methyl/N-ethyl adjacent to an activating group) is 1. The molecule has 154 valence electrons. The summed E-state index contributed by atoms with van der Waals surface area (Å²) in [5.74, 6) is 0.844. The number of aromatic nitrogens is 2. The molecule has 28 heavy (non-hydrogen) atoms. The number of nitrogens with zero attached hydrogens (tertiary/aromatic N) is 5. The third-order valence-corrected chi connectivity index (χ3v) is 4.59. The van der Waals surface area contributed by atoms with Gasteiger partial charge in [0.1, 0.15) is 12.2 Å². The number of hydrogen-bond acceptors (Lipinski definition) is 8. The lowest BCUT2D eigenvalue weighted by atomic mass is 10.2. The van der Waals surface area contributed by atoms with Crippen molar-refractivity contribution >= 4 is 29.8 Å². The van der Waals surface area contributed by atoms with Gasteiger partial charge in [-0.3, -0.25) is 4.90 Å². The molecule has 3 heterocycles. The molecule has 0 aromatic carbocycles. The number of carbonyl (C=O) groups is 2. The van der Waals surface area contributed by atoms with Gasteiger partial charge in [-0.25, -0.2) is 9.59 Å². The lowest BCUT2D eigenvalue weighted by Gasteiger charge is -2.30. The van der Waals surface area contributed by atoms with Crippen LogP contribution in [0.1, 0.15) is 27.2 Å². The topological polar surface area (TPSA) is 134 Å². The third kappa shape index (κ3) is 3.97. The summed E-state index contributed by atoms with van der Waals surface area (Å²) >= 11 is 0. The number of anilines is 3. The van der Waals surface area contributed by atoms with Gasteiger partial charge in [0.25, 0.3) is 0 Å². The predicted octanol–water partition coefficient (Wildman–Crippen LogP) is 1.38. The molecule has 1 aromatic heterocycles. The molecule has 2 amide bonds. The number of hydrogen-bond donors (Lipinski definition) is 2. The highest BCUT2D eigenvalue weighted by molar-refractivity contribution is 5.89. The molecule has 0 radical (unpaired) electrons. The Morgan fingerprint density at radius 3 is 2.61 bits per heavy atom. The van der Waals surface area contributed by atoms with E-state index < -0.39 is 17.8 Å². The summed E-state index contributed by atoms with van der Waals surface area (Å²) in [7, 11) is 1.70. The average Bonchev–Trinajstić information content (AvgIpc) is 3.08. The molecule has 0 spiro atoms. The Hall–Kier alpha value is -2.98. The first-order valence-electron chi connectivity index (χ1n) is 9.08. The lowest BCUT2D eigenvalue weighted by molar-refractivity contribution is 0.0237. The zero-order valence-electron chi connectivity index (χ0n) is 16.5. The number of nitrogens with two attached hydrogens (primary N) is 1. The zero-order chi connectivity index (χ0) is 20.6. The van der Waals surface area contributed by atoms with Crippen molar-refractivity contribution in [2.75, 3.05) is 48.8 Å². The Labute approximate surface area is 163 Å². The fraction of sp³-hybridized carbons (Fsp3) is 0.647. The van der Waals surface area contributed by atoms with Crippen molar-refractivity contribution in [3.63, 3.8) is 0 Å². The van der Waals surface area contributed by atoms with E-state index in [1.165, 1.54) is 0 Å². The Balaban J connectivity index is 1.81. The van der Waals surface area contributed by atoms with Crippen LogP contribution in [0.5, 0.6) is 5.75 Å². The van der Waals surface area contributed by atoms with E-state index in [9.17, 15) is 14.7 Å². The Kier molecular flexibility index (Phi) is 5.09. The summed E-state index contributed by atoms with van der Waals surface area (Å²) < 4.78 is 11.1. The fourth-order valence-corrected chi connectivity index (χ4v) is 3.23. The van der Waals surface area contributed by atoms with Crippen LogP contribution >= 0.6 is 0 Å². The summed E-state index contributed by atoms with van der Waals surface area (Å²) in [6.45, 7) is 6.94. The van der Waals surface area contributed by atoms with Crippen LogP contribution < -0.4 is 20.3 Å². The lowest BCUT2D eigenvalue weighted by Crippen LogP contribution is -2.42. The fourth-order valence-electron chi connectivity index (χ4n) is 3.23. The van der Waals surface area contributed by atoms with Crippen molar-refractivity contribution in [2.24, 2.45) is 0 Å². The number of nitrogen functional groups attached to an aromatic ring is 1. The van der Waals surface area contributed by atoms with Crippen molar-refractivity contribution in [1.82, 2.24) is 14.9 Å². The summed E-state index contributed by atoms with van der Waals surface area (Å²) in [4.78, 5) is 36.7. The number of carboxylic acid groups (broad SMARTS) is 1. The van der Waals surface area contributed by atoms with Gasteiger partial charge in [0.05, 0.1) is 12.6 Å². The summed E-state index contributed by atoms with van der Waals surface area (Å²) in [5.41, 5.74) is 5.24. The number of ether oxygens (including phenoxy) is 2. The second kappa shape index (κ2) is 7.21. The number of rotatable bonds is 2. The molecule has 3 rings (SSSR count). The average molecular weight is 394 g/mol. The van der Waals surface area contributed by atoms with E-state index in [0.717, 1.165) is 4.90 Å². The second-order valence-electron chi connectivity index (χ2n) is 7.82. The van der Waals surface area contributed by atoms with Gasteiger partial charge in [0.2, 0.25) is 11.7 Å². The van der Waals surface area contributed by atoms with E-state index in [1.54, 1.807) is 11.9 Å². The molecule has 1 fully saturated rings. The maximum absolute atomic E-state index is 12.3. The minimum absolute atomic E-state index is 0.0329. The van der Waals surface area contributed by atoms with Crippen LogP contribution in [-0.4, -0.2) is 77.1 Å². The van der Waals surface area contributed by atoms with Crippen molar-refractivity contribution in [3.8, 4) is 5.75 Å². The third-order valence-electron chi connectivity index (χ3n) is 4.59. The summed E-state index contributed by atoms with van der Waals surface area (Å²) in [6, 6.07) is -0.0825. The summed E-state index contributed by atoms with van der Waals surface area (Å²) in [5, 5.41) is 9.40. The van der Waals surface area contributed by atoms with Crippen LogP contribution in [0.3, 0.4) is 0 Å². The van der Waals surface area contributed by atoms with Gasteiger partial charge in [-0.15, -0.1) is 0 Å². The molecule has 1 atom stereocenters. The molecule has 1 saturated heterocycles. The van der Waals surface area contributed by atoms with E-state index in [4.69, 9.17) is 15.2 Å². The molecule has 0 saturated carbocycles. The molecule has 11 heteroatoms. The predicted molar refractivity (Wildman–Crippen MR) is 102 cm³/mol. The Bertz CT molecular complexity index is 780. The van der Waals surface area contributed by atoms with E-state index in [2.05, 4.69) is 9.97 Å². The molecule has 11 nitrogen and oxygen atoms in total. The number of amides is 2. The number of fused-ring (bicyclic) bond motifs is 1. The highest BCUT2D eigenvalue weighted by Gasteiger charge is 2.36. The van der Waals surface area contributed by atoms with Crippen LogP contribution in [0.4, 0.5) is 27.2 Å². The van der Waals surface area contributed by atoms with Gasteiger partial charge < -0.3 is 30.1 Å². The van der Waals surface area contributed by atoms with E-state index >= 15 is 0 Å². The molecular formula is C17H26N6O5. The molecule has 3 N–H and O–H groups in total. The monoisotopic (exact) mass is 394 g/mol. The largest absolute Gasteiger partial charge is 0.485 e. The molecule has 2 aliphatic heterocycles.